The molecule has 4 rings (SSSR count). The number of nitrogens with one attached hydrogen (secondary N) is 1. The van der Waals surface area contributed by atoms with Crippen molar-refractivity contribution in [1.29, 1.82) is 0 Å². The summed E-state index contributed by atoms with van der Waals surface area (Å²) < 4.78 is 0. The van der Waals surface area contributed by atoms with Gasteiger partial charge in [-0.3, -0.25) is 19.3 Å². The van der Waals surface area contributed by atoms with Crippen LogP contribution in [-0.2, 0) is 20.9 Å². The summed E-state index contributed by atoms with van der Waals surface area (Å²) in [6, 6.07) is 8.38. The fraction of sp³-hybridized carbons (Fsp3) is 0.520. The van der Waals surface area contributed by atoms with Crippen LogP contribution in [-0.4, -0.2) is 84.1 Å². The third-order valence-corrected chi connectivity index (χ3v) is 6.48. The van der Waals surface area contributed by atoms with Crippen molar-refractivity contribution < 1.29 is 14.4 Å². The van der Waals surface area contributed by atoms with E-state index in [4.69, 9.17) is 15.5 Å². The summed E-state index contributed by atoms with van der Waals surface area (Å²) in [5.74, 6) is 2.60. The van der Waals surface area contributed by atoms with Crippen LogP contribution in [0.4, 0.5) is 5.69 Å². The van der Waals surface area contributed by atoms with E-state index in [1.54, 1.807) is 31.0 Å². The van der Waals surface area contributed by atoms with Gasteiger partial charge in [-0.1, -0.05) is 12.1 Å². The van der Waals surface area contributed by atoms with Gasteiger partial charge in [0, 0.05) is 52.0 Å². The van der Waals surface area contributed by atoms with Crippen molar-refractivity contribution >= 4 is 30.3 Å². The molecule has 3 aliphatic rings. The number of benzene rings is 1. The zero-order valence-electron chi connectivity index (χ0n) is 20.6. The third-order valence-electron chi connectivity index (χ3n) is 6.48. The number of piperidine rings is 1. The number of fused-ring (bicyclic) bond motifs is 1. The molecule has 1 aromatic carbocycles. The number of likely N-dealkylation sites (tertiary alicyclic amines) is 1. The Bertz CT molecular complexity index is 921. The second-order valence-corrected chi connectivity index (χ2v) is 9.84. The van der Waals surface area contributed by atoms with Gasteiger partial charge in [-0.05, 0) is 55.9 Å². The predicted octanol–water partition coefficient (Wildman–Crippen LogP) is 0.411. The summed E-state index contributed by atoms with van der Waals surface area (Å²) in [5.41, 5.74) is 11.4. The van der Waals surface area contributed by atoms with Crippen molar-refractivity contribution in [3.05, 3.63) is 42.1 Å². The number of nitrogens with two attached hydrogens (primary N) is 2. The van der Waals surface area contributed by atoms with Gasteiger partial charge in [0.15, 0.2) is 0 Å². The second kappa shape index (κ2) is 11.9. The Hall–Kier alpha value is -3.24. The number of amides is 3. The molecule has 1 aromatic rings. The first-order valence-corrected chi connectivity index (χ1v) is 12.0. The van der Waals surface area contributed by atoms with Crippen LogP contribution in [0.15, 0.2) is 41.5 Å². The number of primary amides is 1. The molecule has 3 amide bonds. The quantitative estimate of drug-likeness (QED) is 0.292. The highest BCUT2D eigenvalue weighted by atomic mass is 16.2. The molecule has 35 heavy (non-hydrogen) atoms. The molecule has 190 valence electrons. The van der Waals surface area contributed by atoms with E-state index in [0.717, 1.165) is 29.9 Å². The van der Waals surface area contributed by atoms with E-state index in [1.807, 2.05) is 12.1 Å². The summed E-state index contributed by atoms with van der Waals surface area (Å²) in [6.07, 6.45) is 5.68. The van der Waals surface area contributed by atoms with E-state index < -0.39 is 5.54 Å². The molecular weight excluding hydrogens is 446 g/mol. The number of amidine groups is 1. The first-order chi connectivity index (χ1) is 16.7. The molecule has 10 heteroatoms. The first kappa shape index (κ1) is 26.4. The van der Waals surface area contributed by atoms with Gasteiger partial charge < -0.3 is 26.6 Å². The lowest BCUT2D eigenvalue weighted by atomic mass is 10.0. The minimum absolute atomic E-state index is 0.0419. The summed E-state index contributed by atoms with van der Waals surface area (Å²) in [7, 11) is 0. The van der Waals surface area contributed by atoms with Crippen molar-refractivity contribution in [2.45, 2.75) is 32.4 Å². The van der Waals surface area contributed by atoms with Crippen LogP contribution in [0.2, 0.25) is 0 Å². The van der Waals surface area contributed by atoms with Crippen LogP contribution in [0.3, 0.4) is 0 Å². The molecule has 0 aromatic heterocycles. The summed E-state index contributed by atoms with van der Waals surface area (Å²) in [5, 5.41) is 2.55. The normalized spacial score (nSPS) is 22.3. The van der Waals surface area contributed by atoms with Crippen molar-refractivity contribution in [2.24, 2.45) is 28.3 Å². The highest BCUT2D eigenvalue weighted by Crippen LogP contribution is 2.45. The molecule has 5 N–H and O–H groups in total. The van der Waals surface area contributed by atoms with E-state index in [1.165, 1.54) is 25.1 Å². The topological polar surface area (TPSA) is 137 Å². The minimum atomic E-state index is -0.871. The number of aliphatic imine (C=N–C) groups is 1. The Kier molecular flexibility index (Phi) is 9.00. The van der Waals surface area contributed by atoms with Crippen molar-refractivity contribution in [1.82, 2.24) is 20.0 Å². The van der Waals surface area contributed by atoms with Gasteiger partial charge in [0.2, 0.25) is 18.7 Å². The van der Waals surface area contributed by atoms with Gasteiger partial charge >= 0.3 is 0 Å². The fourth-order valence-corrected chi connectivity index (χ4v) is 4.61. The van der Waals surface area contributed by atoms with Crippen LogP contribution in [0.25, 0.3) is 0 Å². The highest BCUT2D eigenvalue weighted by Gasteiger charge is 2.44. The maximum atomic E-state index is 12.5. The molecule has 3 fully saturated rings. The van der Waals surface area contributed by atoms with Crippen LogP contribution < -0.4 is 16.8 Å². The molecule has 2 heterocycles. The Balaban J connectivity index is 0.00000108. The zero-order valence-corrected chi connectivity index (χ0v) is 20.6. The standard InChI is InChI=1S/C24H34N6O2.CH3NO/c1-24(2,25)23(32)30-11-9-29(10-12-30)22(7-8-26-17-31)27-21-5-3-18(4-6-21)14-28-15-19-13-20(19)16-28;2-1-3/h3-8,17,19-20H,9-16,25H2,1-2H3,(H,26,31);1H,(H2,2,3)/b8-7-,27-22?;. The number of rotatable bonds is 7. The number of piperazine rings is 1. The lowest BCUT2D eigenvalue weighted by Gasteiger charge is -2.38. The second-order valence-electron chi connectivity index (χ2n) is 9.84. The molecule has 10 nitrogen and oxygen atoms in total. The molecule has 0 bridgehead atoms. The summed E-state index contributed by atoms with van der Waals surface area (Å²) >= 11 is 0. The SMILES string of the molecule is CC(C)(N)C(=O)N1CCN(C(/C=C\NC=O)=Nc2ccc(CN3CC4CC4C3)cc2)CC1.NC=O. The van der Waals surface area contributed by atoms with E-state index >= 15 is 0 Å². The van der Waals surface area contributed by atoms with Crippen LogP contribution in [0.5, 0.6) is 0 Å². The molecule has 0 spiro atoms. The smallest absolute Gasteiger partial charge is 0.242 e. The van der Waals surface area contributed by atoms with Gasteiger partial charge in [0.1, 0.15) is 5.84 Å². The number of nitrogens with zero attached hydrogens (tertiary/aromatic N) is 4. The molecule has 2 saturated heterocycles. The van der Waals surface area contributed by atoms with Crippen LogP contribution in [0.1, 0.15) is 25.8 Å². The largest absolute Gasteiger partial charge is 0.372 e. The third kappa shape index (κ3) is 7.63. The lowest BCUT2D eigenvalue weighted by molar-refractivity contribution is -0.137. The molecule has 2 atom stereocenters. The monoisotopic (exact) mass is 483 g/mol. The Morgan fingerprint density at radius 3 is 2.20 bits per heavy atom. The maximum absolute atomic E-state index is 12.5. The van der Waals surface area contributed by atoms with Crippen LogP contribution >= 0.6 is 0 Å². The van der Waals surface area contributed by atoms with E-state index in [-0.39, 0.29) is 12.3 Å². The maximum Gasteiger partial charge on any atom is 0.242 e. The van der Waals surface area contributed by atoms with Crippen molar-refractivity contribution in [2.75, 3.05) is 39.3 Å². The van der Waals surface area contributed by atoms with Gasteiger partial charge in [-0.15, -0.1) is 0 Å². The number of carbonyl (C=O) groups is 3. The molecule has 0 radical (unpaired) electrons. The predicted molar refractivity (Wildman–Crippen MR) is 135 cm³/mol. The van der Waals surface area contributed by atoms with E-state index in [2.05, 4.69) is 33.0 Å². The fourth-order valence-electron chi connectivity index (χ4n) is 4.61. The van der Waals surface area contributed by atoms with Gasteiger partial charge in [-0.2, -0.15) is 0 Å². The lowest BCUT2D eigenvalue weighted by Crippen LogP contribution is -2.57. The first-order valence-electron chi connectivity index (χ1n) is 12.0. The molecule has 2 aliphatic heterocycles. The van der Waals surface area contributed by atoms with Gasteiger partial charge in [0.25, 0.3) is 0 Å². The average Bonchev–Trinajstić information content (AvgIpc) is 3.44. The number of hydrogen-bond acceptors (Lipinski definition) is 6. The zero-order chi connectivity index (χ0) is 25.4. The molecule has 2 unspecified atom stereocenters. The van der Waals surface area contributed by atoms with Crippen molar-refractivity contribution in [3.8, 4) is 0 Å². The number of carbonyl (C=O) groups excluding carboxylic acids is 3. The summed E-state index contributed by atoms with van der Waals surface area (Å²) in [6.45, 7) is 9.42. The molecular formula is C25H37N7O3. The average molecular weight is 484 g/mol. The Morgan fingerprint density at radius 1 is 1.09 bits per heavy atom. The van der Waals surface area contributed by atoms with Crippen LogP contribution in [0, 0.1) is 11.8 Å². The van der Waals surface area contributed by atoms with Crippen molar-refractivity contribution in [3.63, 3.8) is 0 Å². The van der Waals surface area contributed by atoms with Gasteiger partial charge in [-0.25, -0.2) is 4.99 Å². The molecule has 1 aliphatic carbocycles. The minimum Gasteiger partial charge on any atom is -0.372 e. The molecule has 1 saturated carbocycles. The highest BCUT2D eigenvalue weighted by molar-refractivity contribution is 5.95. The number of hydrogen-bond donors (Lipinski definition) is 3. The van der Waals surface area contributed by atoms with E-state index in [0.29, 0.717) is 32.6 Å². The van der Waals surface area contributed by atoms with Gasteiger partial charge in [0.05, 0.1) is 11.2 Å². The summed E-state index contributed by atoms with van der Waals surface area (Å²) in [4.78, 5) is 43.0. The van der Waals surface area contributed by atoms with E-state index in [9.17, 15) is 9.59 Å². The Morgan fingerprint density at radius 2 is 1.66 bits per heavy atom. The Labute approximate surface area is 207 Å².